The summed E-state index contributed by atoms with van der Waals surface area (Å²) in [5, 5.41) is 2.66. The van der Waals surface area contributed by atoms with Gasteiger partial charge in [0.2, 0.25) is 21.8 Å². The van der Waals surface area contributed by atoms with Gasteiger partial charge in [0.1, 0.15) is 18.4 Å². The number of hydrogen-bond donors (Lipinski definition) is 1. The monoisotopic (exact) mass is 525 g/mol. The molecule has 0 fully saturated rings. The average molecular weight is 526 g/mol. The molecule has 0 unspecified atom stereocenters. The Kier molecular flexibility index (Phi) is 10.1. The Morgan fingerprint density at radius 1 is 1.11 bits per heavy atom. The summed E-state index contributed by atoms with van der Waals surface area (Å²) in [4.78, 5) is 28.1. The first-order valence-electron chi connectivity index (χ1n) is 11.5. The summed E-state index contributed by atoms with van der Waals surface area (Å²) >= 11 is 5.86. The van der Waals surface area contributed by atoms with Gasteiger partial charge in [-0.2, -0.15) is 0 Å². The minimum absolute atomic E-state index is 0.0557. The second-order valence-corrected chi connectivity index (χ2v) is 10.9. The summed E-state index contributed by atoms with van der Waals surface area (Å²) < 4.78 is 39.7. The molecule has 0 aliphatic heterocycles. The number of benzene rings is 2. The van der Waals surface area contributed by atoms with Gasteiger partial charge in [0.15, 0.2) is 0 Å². The van der Waals surface area contributed by atoms with Crippen LogP contribution in [-0.4, -0.2) is 50.0 Å². The van der Waals surface area contributed by atoms with E-state index in [1.165, 1.54) is 11.0 Å². The molecule has 0 heterocycles. The maximum atomic E-state index is 13.7. The Bertz CT molecular complexity index is 1160. The van der Waals surface area contributed by atoms with Crippen molar-refractivity contribution in [1.29, 1.82) is 0 Å². The molecule has 192 valence electrons. The van der Waals surface area contributed by atoms with Crippen LogP contribution in [0.5, 0.6) is 0 Å². The number of aryl methyl sites for hydroxylation is 1. The number of amides is 2. The maximum Gasteiger partial charge on any atom is 0.244 e. The molecule has 0 aliphatic carbocycles. The predicted molar refractivity (Wildman–Crippen MR) is 137 cm³/mol. The van der Waals surface area contributed by atoms with Crippen molar-refractivity contribution in [3.63, 3.8) is 0 Å². The van der Waals surface area contributed by atoms with Gasteiger partial charge in [-0.15, -0.1) is 0 Å². The smallest absolute Gasteiger partial charge is 0.244 e. The van der Waals surface area contributed by atoms with Crippen LogP contribution in [0, 0.1) is 12.7 Å². The molecule has 0 saturated carbocycles. The molecule has 35 heavy (non-hydrogen) atoms. The molecule has 2 aromatic rings. The Hall–Kier alpha value is -2.65. The fraction of sp³-hybridized carbons (Fsp3) is 0.440. The first-order chi connectivity index (χ1) is 16.4. The zero-order chi connectivity index (χ0) is 26.3. The molecule has 0 aromatic heterocycles. The molecule has 0 aliphatic rings. The van der Waals surface area contributed by atoms with Crippen molar-refractivity contribution in [3.8, 4) is 0 Å². The number of carbonyl (C=O) groups is 2. The molecule has 0 radical (unpaired) electrons. The number of anilines is 1. The summed E-state index contributed by atoms with van der Waals surface area (Å²) in [7, 11) is -3.93. The largest absolute Gasteiger partial charge is 0.352 e. The van der Waals surface area contributed by atoms with Crippen LogP contribution >= 0.6 is 11.6 Å². The number of carbonyl (C=O) groups excluding carboxylic acids is 2. The molecule has 2 rings (SSSR count). The highest BCUT2D eigenvalue weighted by Crippen LogP contribution is 2.25. The second kappa shape index (κ2) is 12.4. The van der Waals surface area contributed by atoms with Crippen molar-refractivity contribution in [3.05, 3.63) is 64.4 Å². The van der Waals surface area contributed by atoms with Crippen molar-refractivity contribution in [2.24, 2.45) is 0 Å². The van der Waals surface area contributed by atoms with Gasteiger partial charge in [-0.25, -0.2) is 12.8 Å². The second-order valence-electron chi connectivity index (χ2n) is 8.56. The minimum Gasteiger partial charge on any atom is -0.352 e. The van der Waals surface area contributed by atoms with Gasteiger partial charge in [-0.3, -0.25) is 13.9 Å². The van der Waals surface area contributed by atoms with Crippen LogP contribution in [0.1, 0.15) is 44.7 Å². The number of nitrogens with zero attached hydrogens (tertiary/aromatic N) is 2. The third-order valence-corrected chi connectivity index (χ3v) is 7.29. The van der Waals surface area contributed by atoms with E-state index >= 15 is 0 Å². The van der Waals surface area contributed by atoms with Crippen LogP contribution in [0.15, 0.2) is 42.5 Å². The van der Waals surface area contributed by atoms with Gasteiger partial charge in [0.25, 0.3) is 0 Å². The molecule has 7 nitrogen and oxygen atoms in total. The van der Waals surface area contributed by atoms with Gasteiger partial charge in [0.05, 0.1) is 17.0 Å². The number of hydrogen-bond acceptors (Lipinski definition) is 4. The summed E-state index contributed by atoms with van der Waals surface area (Å²) in [6.45, 7) is 7.08. The Labute approximate surface area is 212 Å². The highest BCUT2D eigenvalue weighted by Gasteiger charge is 2.32. The highest BCUT2D eigenvalue weighted by atomic mass is 35.5. The number of sulfonamides is 1. The molecule has 2 atom stereocenters. The summed E-state index contributed by atoms with van der Waals surface area (Å²) in [6, 6.07) is 10.0. The minimum atomic E-state index is -3.93. The van der Waals surface area contributed by atoms with Crippen molar-refractivity contribution in [2.75, 3.05) is 17.1 Å². The van der Waals surface area contributed by atoms with E-state index in [-0.39, 0.29) is 29.2 Å². The van der Waals surface area contributed by atoms with Gasteiger partial charge >= 0.3 is 0 Å². The van der Waals surface area contributed by atoms with Gasteiger partial charge in [-0.1, -0.05) is 49.7 Å². The van der Waals surface area contributed by atoms with Crippen molar-refractivity contribution in [1.82, 2.24) is 10.2 Å². The lowest BCUT2D eigenvalue weighted by Crippen LogP contribution is -2.53. The lowest BCUT2D eigenvalue weighted by atomic mass is 10.1. The molecule has 0 spiro atoms. The third kappa shape index (κ3) is 7.67. The van der Waals surface area contributed by atoms with E-state index in [1.54, 1.807) is 6.92 Å². The van der Waals surface area contributed by atoms with Crippen LogP contribution in [0.3, 0.4) is 0 Å². The van der Waals surface area contributed by atoms with Crippen LogP contribution < -0.4 is 9.62 Å². The third-order valence-electron chi connectivity index (χ3n) is 5.86. The lowest BCUT2D eigenvalue weighted by molar-refractivity contribution is -0.140. The highest BCUT2D eigenvalue weighted by molar-refractivity contribution is 7.92. The van der Waals surface area contributed by atoms with Crippen LogP contribution in [0.25, 0.3) is 0 Å². The van der Waals surface area contributed by atoms with E-state index in [4.69, 9.17) is 11.6 Å². The molecular weight excluding hydrogens is 493 g/mol. The first-order valence-corrected chi connectivity index (χ1v) is 13.7. The number of halogens is 2. The van der Waals surface area contributed by atoms with Crippen molar-refractivity contribution < 1.29 is 22.4 Å². The predicted octanol–water partition coefficient (Wildman–Crippen LogP) is 4.28. The van der Waals surface area contributed by atoms with E-state index in [0.29, 0.717) is 6.42 Å². The molecule has 10 heteroatoms. The van der Waals surface area contributed by atoms with Crippen LogP contribution in [-0.2, 0) is 26.2 Å². The molecule has 2 amide bonds. The molecule has 0 bridgehead atoms. The van der Waals surface area contributed by atoms with E-state index < -0.39 is 34.3 Å². The van der Waals surface area contributed by atoms with Gasteiger partial charge in [-0.05, 0) is 56.0 Å². The summed E-state index contributed by atoms with van der Waals surface area (Å²) in [5.74, 6) is -1.58. The van der Waals surface area contributed by atoms with Crippen LogP contribution in [0.4, 0.5) is 10.1 Å². The summed E-state index contributed by atoms with van der Waals surface area (Å²) in [5.41, 5.74) is 1.83. The van der Waals surface area contributed by atoms with E-state index in [9.17, 15) is 22.4 Å². The zero-order valence-electron chi connectivity index (χ0n) is 20.7. The van der Waals surface area contributed by atoms with Gasteiger partial charge in [0, 0.05) is 12.6 Å². The van der Waals surface area contributed by atoms with Crippen LogP contribution in [0.2, 0.25) is 5.02 Å². The maximum absolute atomic E-state index is 13.7. The fourth-order valence-electron chi connectivity index (χ4n) is 3.59. The van der Waals surface area contributed by atoms with E-state index in [0.717, 1.165) is 40.2 Å². The number of nitrogens with one attached hydrogen (secondary N) is 1. The quantitative estimate of drug-likeness (QED) is 0.474. The van der Waals surface area contributed by atoms with Crippen molar-refractivity contribution in [2.45, 2.75) is 59.2 Å². The molecule has 2 aromatic carbocycles. The summed E-state index contributed by atoms with van der Waals surface area (Å²) in [6.07, 6.45) is 2.01. The molecule has 1 N–H and O–H groups in total. The fourth-order valence-corrected chi connectivity index (χ4v) is 4.60. The Morgan fingerprint density at radius 2 is 1.77 bits per heavy atom. The topological polar surface area (TPSA) is 86.8 Å². The zero-order valence-corrected chi connectivity index (χ0v) is 22.3. The lowest BCUT2D eigenvalue weighted by Gasteiger charge is -2.33. The average Bonchev–Trinajstić information content (AvgIpc) is 2.79. The first kappa shape index (κ1) is 28.6. The van der Waals surface area contributed by atoms with E-state index in [1.807, 2.05) is 45.0 Å². The van der Waals surface area contributed by atoms with E-state index in [2.05, 4.69) is 5.32 Å². The SMILES string of the molecule is CC[C@H](C(=O)N[C@@H](C)CC)N(Cc1ccccc1C)C(=O)CN(c1ccc(F)c(Cl)c1)S(C)(=O)=O. The standard InChI is InChI=1S/C25H33ClFN3O4S/c1-6-18(4)28-25(32)23(7-2)29(15-19-11-9-8-10-17(19)3)24(31)16-30(35(5,33)34)20-12-13-22(27)21(26)14-20/h8-14,18,23H,6-7,15-16H2,1-5H3,(H,28,32)/t18-,23+/m0/s1. The van der Waals surface area contributed by atoms with Crippen molar-refractivity contribution >= 4 is 39.1 Å². The molecule has 0 saturated heterocycles. The molecular formula is C25H33ClFN3O4S. The van der Waals surface area contributed by atoms with Gasteiger partial charge < -0.3 is 10.2 Å². The Balaban J connectivity index is 2.47. The number of rotatable bonds is 11. The normalized spacial score (nSPS) is 13.1. The Morgan fingerprint density at radius 3 is 2.31 bits per heavy atom.